The van der Waals surface area contributed by atoms with Gasteiger partial charge in [0.05, 0.1) is 12.3 Å². The molecule has 0 spiro atoms. The summed E-state index contributed by atoms with van der Waals surface area (Å²) in [6, 6.07) is 3.81. The van der Waals surface area contributed by atoms with Gasteiger partial charge in [-0.2, -0.15) is 8.78 Å². The molecule has 10 heteroatoms. The summed E-state index contributed by atoms with van der Waals surface area (Å²) >= 11 is 0. The second kappa shape index (κ2) is 11.7. The maximum Gasteiger partial charge on any atom is 0.387 e. The highest BCUT2D eigenvalue weighted by Gasteiger charge is 2.30. The highest BCUT2D eigenvalue weighted by atomic mass is 19.3. The van der Waals surface area contributed by atoms with Gasteiger partial charge in [-0.1, -0.05) is 20.3 Å². The van der Waals surface area contributed by atoms with Gasteiger partial charge in [-0.25, -0.2) is 0 Å². The molecule has 2 aliphatic rings. The predicted octanol–water partition coefficient (Wildman–Crippen LogP) is 2.68. The minimum absolute atomic E-state index is 0.0750. The number of rotatable bonds is 11. The number of benzene rings is 1. The van der Waals surface area contributed by atoms with E-state index in [-0.39, 0.29) is 36.4 Å². The average molecular weight is 469 g/mol. The van der Waals surface area contributed by atoms with E-state index < -0.39 is 12.7 Å². The van der Waals surface area contributed by atoms with E-state index >= 15 is 0 Å². The molecular formula is C23H34F2N4O4. The lowest BCUT2D eigenvalue weighted by atomic mass is 9.84. The van der Waals surface area contributed by atoms with Crippen molar-refractivity contribution in [3.8, 4) is 5.75 Å². The molecule has 1 saturated carbocycles. The van der Waals surface area contributed by atoms with Crippen molar-refractivity contribution in [1.82, 2.24) is 4.90 Å². The number of nitrogens with zero attached hydrogens (tertiary/aromatic N) is 2. The van der Waals surface area contributed by atoms with Gasteiger partial charge in [0.15, 0.2) is 5.75 Å². The van der Waals surface area contributed by atoms with E-state index in [1.807, 2.05) is 0 Å². The standard InChI is InChI=1S/C23H34F2N4O4/c1-15(2)12-28(13-16-4-3-5-16)19(11-26)22(31)27-18-7-6-17(10-20(18)33-23(24)25)29-8-9-32-14-21(29)30/h6-7,10,15-16,19,23H,3-5,8-9,11-14,26H2,1-2H3,(H,27,31)/t19-/m0/s1. The third-order valence-corrected chi connectivity index (χ3v) is 6.02. The highest BCUT2D eigenvalue weighted by Crippen LogP contribution is 2.33. The van der Waals surface area contributed by atoms with E-state index in [0.29, 0.717) is 37.2 Å². The Morgan fingerprint density at radius 3 is 2.70 bits per heavy atom. The van der Waals surface area contributed by atoms with E-state index in [9.17, 15) is 18.4 Å². The van der Waals surface area contributed by atoms with E-state index in [1.165, 1.54) is 23.5 Å². The molecule has 33 heavy (non-hydrogen) atoms. The van der Waals surface area contributed by atoms with Crippen molar-refractivity contribution in [2.45, 2.75) is 45.8 Å². The molecule has 2 amide bonds. The number of hydrogen-bond donors (Lipinski definition) is 2. The number of carbonyl (C=O) groups is 2. The van der Waals surface area contributed by atoms with Gasteiger partial charge in [0.1, 0.15) is 12.6 Å². The lowest BCUT2D eigenvalue weighted by molar-refractivity contribution is -0.125. The number of hydrogen-bond acceptors (Lipinski definition) is 6. The third-order valence-electron chi connectivity index (χ3n) is 6.02. The van der Waals surface area contributed by atoms with Crippen molar-refractivity contribution in [3.63, 3.8) is 0 Å². The maximum atomic E-state index is 13.2. The van der Waals surface area contributed by atoms with Gasteiger partial charge in [-0.3, -0.25) is 14.5 Å². The largest absolute Gasteiger partial charge is 0.433 e. The summed E-state index contributed by atoms with van der Waals surface area (Å²) in [4.78, 5) is 28.8. The van der Waals surface area contributed by atoms with E-state index in [2.05, 4.69) is 28.8 Å². The minimum Gasteiger partial charge on any atom is -0.433 e. The molecule has 1 saturated heterocycles. The lowest BCUT2D eigenvalue weighted by Crippen LogP contribution is -2.52. The molecule has 3 rings (SSSR count). The van der Waals surface area contributed by atoms with Crippen LogP contribution in [0.25, 0.3) is 0 Å². The Morgan fingerprint density at radius 1 is 1.36 bits per heavy atom. The van der Waals surface area contributed by atoms with Crippen LogP contribution in [0.4, 0.5) is 20.2 Å². The van der Waals surface area contributed by atoms with E-state index in [4.69, 9.17) is 10.5 Å². The number of alkyl halides is 2. The van der Waals surface area contributed by atoms with Crippen LogP contribution in [0.5, 0.6) is 5.75 Å². The smallest absolute Gasteiger partial charge is 0.387 e. The summed E-state index contributed by atoms with van der Waals surface area (Å²) in [7, 11) is 0. The zero-order valence-electron chi connectivity index (χ0n) is 19.3. The van der Waals surface area contributed by atoms with Crippen molar-refractivity contribution in [3.05, 3.63) is 18.2 Å². The van der Waals surface area contributed by atoms with Gasteiger partial charge in [0.2, 0.25) is 5.91 Å². The quantitative estimate of drug-likeness (QED) is 0.518. The second-order valence-electron chi connectivity index (χ2n) is 9.04. The van der Waals surface area contributed by atoms with Crippen LogP contribution < -0.4 is 20.7 Å². The van der Waals surface area contributed by atoms with Crippen LogP contribution in [0.3, 0.4) is 0 Å². The summed E-state index contributed by atoms with van der Waals surface area (Å²) in [5.41, 5.74) is 6.49. The van der Waals surface area contributed by atoms with Gasteiger partial charge >= 0.3 is 6.61 Å². The van der Waals surface area contributed by atoms with E-state index in [0.717, 1.165) is 19.4 Å². The molecule has 1 aliphatic carbocycles. The Labute approximate surface area is 193 Å². The monoisotopic (exact) mass is 468 g/mol. The average Bonchev–Trinajstić information content (AvgIpc) is 2.72. The Morgan fingerprint density at radius 2 is 2.12 bits per heavy atom. The molecular weight excluding hydrogens is 434 g/mol. The first-order chi connectivity index (χ1) is 15.8. The Bertz CT molecular complexity index is 820. The molecule has 184 valence electrons. The summed E-state index contributed by atoms with van der Waals surface area (Å²) < 4.78 is 36.0. The van der Waals surface area contributed by atoms with Crippen LogP contribution in [-0.2, 0) is 14.3 Å². The second-order valence-corrected chi connectivity index (χ2v) is 9.04. The van der Waals surface area contributed by atoms with Crippen molar-refractivity contribution in [2.75, 3.05) is 49.6 Å². The minimum atomic E-state index is -3.09. The summed E-state index contributed by atoms with van der Waals surface area (Å²) in [5.74, 6) is 0.0420. The molecule has 2 fully saturated rings. The fourth-order valence-electron chi connectivity index (χ4n) is 4.21. The van der Waals surface area contributed by atoms with Crippen molar-refractivity contribution >= 4 is 23.2 Å². The fraction of sp³-hybridized carbons (Fsp3) is 0.652. The molecule has 0 unspecified atom stereocenters. The molecule has 0 radical (unpaired) electrons. The molecule has 1 atom stereocenters. The van der Waals surface area contributed by atoms with Crippen molar-refractivity contribution in [1.29, 1.82) is 0 Å². The number of nitrogens with one attached hydrogen (secondary N) is 1. The van der Waals surface area contributed by atoms with Crippen molar-refractivity contribution < 1.29 is 27.8 Å². The SMILES string of the molecule is CC(C)CN(CC1CCC1)[C@@H](CN)C(=O)Nc1ccc(N2CCOCC2=O)cc1OC(F)F. The number of ether oxygens (including phenoxy) is 2. The molecule has 3 N–H and O–H groups in total. The molecule has 8 nitrogen and oxygen atoms in total. The number of morpholine rings is 1. The highest BCUT2D eigenvalue weighted by molar-refractivity contribution is 5.98. The van der Waals surface area contributed by atoms with Gasteiger partial charge in [-0.15, -0.1) is 0 Å². The fourth-order valence-corrected chi connectivity index (χ4v) is 4.21. The summed E-state index contributed by atoms with van der Waals surface area (Å²) in [6.45, 7) is 3.26. The first-order valence-corrected chi connectivity index (χ1v) is 11.5. The Hall–Kier alpha value is -2.30. The van der Waals surface area contributed by atoms with Gasteiger partial charge in [0.25, 0.3) is 5.91 Å². The van der Waals surface area contributed by atoms with Gasteiger partial charge < -0.3 is 25.4 Å². The van der Waals surface area contributed by atoms with Crippen LogP contribution in [0, 0.1) is 11.8 Å². The Kier molecular flexibility index (Phi) is 8.99. The van der Waals surface area contributed by atoms with Crippen molar-refractivity contribution in [2.24, 2.45) is 17.6 Å². The van der Waals surface area contributed by atoms with Gasteiger partial charge in [0, 0.05) is 37.9 Å². The predicted molar refractivity (Wildman–Crippen MR) is 121 cm³/mol. The number of halogens is 2. The topological polar surface area (TPSA) is 97.1 Å². The van der Waals surface area contributed by atoms with Crippen LogP contribution in [0.1, 0.15) is 33.1 Å². The number of anilines is 2. The number of nitrogens with two attached hydrogens (primary N) is 1. The zero-order chi connectivity index (χ0) is 24.0. The summed E-state index contributed by atoms with van der Waals surface area (Å²) in [5, 5.41) is 2.72. The normalized spacial score (nSPS) is 18.1. The van der Waals surface area contributed by atoms with Gasteiger partial charge in [-0.05, 0) is 36.8 Å². The van der Waals surface area contributed by atoms with Crippen LogP contribution in [0.15, 0.2) is 18.2 Å². The zero-order valence-corrected chi connectivity index (χ0v) is 19.3. The molecule has 1 aromatic rings. The molecule has 0 bridgehead atoms. The van der Waals surface area contributed by atoms with E-state index in [1.54, 1.807) is 6.07 Å². The number of amides is 2. The first kappa shape index (κ1) is 25.3. The molecule has 1 aliphatic heterocycles. The van der Waals surface area contributed by atoms with Crippen LogP contribution in [-0.4, -0.2) is 68.8 Å². The number of carbonyl (C=O) groups excluding carboxylic acids is 2. The maximum absolute atomic E-state index is 13.2. The molecule has 1 aromatic carbocycles. The Balaban J connectivity index is 1.79. The third kappa shape index (κ3) is 6.84. The first-order valence-electron chi connectivity index (χ1n) is 11.5. The van der Waals surface area contributed by atoms with Crippen LogP contribution in [0.2, 0.25) is 0 Å². The molecule has 0 aromatic heterocycles. The lowest BCUT2D eigenvalue weighted by Gasteiger charge is -2.37. The molecule has 1 heterocycles. The summed E-state index contributed by atoms with van der Waals surface area (Å²) in [6.07, 6.45) is 3.48. The van der Waals surface area contributed by atoms with Crippen LogP contribution >= 0.6 is 0 Å².